The van der Waals surface area contributed by atoms with E-state index in [4.69, 9.17) is 0 Å². The van der Waals surface area contributed by atoms with Gasteiger partial charge >= 0.3 is 0 Å². The Kier molecular flexibility index (Phi) is 2.42. The normalized spacial score (nSPS) is 23.2. The first kappa shape index (κ1) is 9.54. The highest BCUT2D eigenvalue weighted by Gasteiger charge is 2.33. The molecule has 1 aliphatic rings. The lowest BCUT2D eigenvalue weighted by Gasteiger charge is -2.03. The van der Waals surface area contributed by atoms with Gasteiger partial charge in [0, 0.05) is 19.1 Å². The lowest BCUT2D eigenvalue weighted by Crippen LogP contribution is -2.10. The van der Waals surface area contributed by atoms with Crippen LogP contribution in [-0.2, 0) is 13.1 Å². The van der Waals surface area contributed by atoms with Gasteiger partial charge in [-0.3, -0.25) is 9.58 Å². The van der Waals surface area contributed by atoms with Crippen LogP contribution in [0.25, 0.3) is 0 Å². The van der Waals surface area contributed by atoms with E-state index < -0.39 is 0 Å². The summed E-state index contributed by atoms with van der Waals surface area (Å²) in [5.41, 5.74) is 1.38. The Hall–Kier alpha value is -1.68. The van der Waals surface area contributed by atoms with Crippen molar-refractivity contribution in [3.63, 3.8) is 0 Å². The molecule has 3 rings (SSSR count). The summed E-state index contributed by atoms with van der Waals surface area (Å²) in [5.74, 6) is 0. The molecule has 0 bridgehead atoms. The van der Waals surface area contributed by atoms with Gasteiger partial charge in [-0.15, -0.1) is 0 Å². The van der Waals surface area contributed by atoms with Crippen molar-refractivity contribution < 1.29 is 0 Å². The van der Waals surface area contributed by atoms with E-state index in [-0.39, 0.29) is 0 Å². The largest absolute Gasteiger partial charge is 0.291 e. The molecule has 0 aliphatic carbocycles. The van der Waals surface area contributed by atoms with Crippen LogP contribution < -0.4 is 0 Å². The van der Waals surface area contributed by atoms with Gasteiger partial charge in [-0.05, 0) is 5.56 Å². The Balaban J connectivity index is 1.53. The average Bonchev–Trinajstić information content (AvgIpc) is 2.82. The fourth-order valence-corrected chi connectivity index (χ4v) is 1.95. The molecule has 0 radical (unpaired) electrons. The minimum atomic E-state index is 0.627. The summed E-state index contributed by atoms with van der Waals surface area (Å²) < 4.78 is 1.90. The third-order valence-corrected chi connectivity index (χ3v) is 2.92. The van der Waals surface area contributed by atoms with Crippen LogP contribution in [0, 0.1) is 0 Å². The summed E-state index contributed by atoms with van der Waals surface area (Å²) in [6.07, 6.45) is 3.36. The third kappa shape index (κ3) is 2.12. The van der Waals surface area contributed by atoms with Crippen molar-refractivity contribution in [3.8, 4) is 0 Å². The van der Waals surface area contributed by atoms with Crippen LogP contribution in [0.2, 0.25) is 0 Å². The molecule has 2 aromatic rings. The van der Waals surface area contributed by atoms with Crippen molar-refractivity contribution >= 4 is 0 Å². The van der Waals surface area contributed by atoms with E-state index in [1.165, 1.54) is 5.56 Å². The van der Waals surface area contributed by atoms with E-state index in [2.05, 4.69) is 45.3 Å². The van der Waals surface area contributed by atoms with Crippen molar-refractivity contribution in [2.75, 3.05) is 6.54 Å². The Labute approximate surface area is 94.5 Å². The van der Waals surface area contributed by atoms with Crippen molar-refractivity contribution in [1.29, 1.82) is 0 Å². The summed E-state index contributed by atoms with van der Waals surface area (Å²) >= 11 is 0. The molecule has 0 amide bonds. The molecular formula is C12H14N4. The highest BCUT2D eigenvalue weighted by molar-refractivity contribution is 5.15. The molecule has 1 saturated heterocycles. The van der Waals surface area contributed by atoms with Crippen molar-refractivity contribution in [1.82, 2.24) is 19.7 Å². The summed E-state index contributed by atoms with van der Waals surface area (Å²) in [4.78, 5) is 6.39. The smallest absolute Gasteiger partial charge is 0.137 e. The fourth-order valence-electron chi connectivity index (χ4n) is 1.95. The van der Waals surface area contributed by atoms with Crippen LogP contribution in [0.4, 0.5) is 0 Å². The highest BCUT2D eigenvalue weighted by atomic mass is 15.4. The molecular weight excluding hydrogens is 200 g/mol. The van der Waals surface area contributed by atoms with Crippen LogP contribution >= 0.6 is 0 Å². The molecule has 1 aromatic heterocycles. The van der Waals surface area contributed by atoms with Crippen LogP contribution in [0.1, 0.15) is 5.56 Å². The lowest BCUT2D eigenvalue weighted by atomic mass is 10.2. The molecule has 16 heavy (non-hydrogen) atoms. The van der Waals surface area contributed by atoms with Crippen molar-refractivity contribution in [2.45, 2.75) is 19.1 Å². The van der Waals surface area contributed by atoms with Gasteiger partial charge in [0.1, 0.15) is 12.7 Å². The van der Waals surface area contributed by atoms with Crippen molar-refractivity contribution in [2.24, 2.45) is 0 Å². The zero-order valence-electron chi connectivity index (χ0n) is 9.03. The first-order valence-corrected chi connectivity index (χ1v) is 5.52. The Bertz CT molecular complexity index is 437. The van der Waals surface area contributed by atoms with E-state index >= 15 is 0 Å². The molecule has 82 valence electrons. The molecule has 1 aliphatic heterocycles. The quantitative estimate of drug-likeness (QED) is 0.716. The van der Waals surface area contributed by atoms with E-state index in [9.17, 15) is 0 Å². The maximum atomic E-state index is 4.12. The second kappa shape index (κ2) is 4.06. The van der Waals surface area contributed by atoms with Crippen LogP contribution in [-0.4, -0.2) is 32.3 Å². The van der Waals surface area contributed by atoms with Crippen LogP contribution in [0.3, 0.4) is 0 Å². The number of rotatable bonds is 4. The van der Waals surface area contributed by atoms with Gasteiger partial charge in [0.2, 0.25) is 0 Å². The number of benzene rings is 1. The molecule has 4 nitrogen and oxygen atoms in total. The Morgan fingerprint density at radius 3 is 2.88 bits per heavy atom. The first-order chi connectivity index (χ1) is 7.92. The molecule has 0 N–H and O–H groups in total. The molecule has 0 spiro atoms. The zero-order chi connectivity index (χ0) is 10.8. The van der Waals surface area contributed by atoms with Crippen LogP contribution in [0.5, 0.6) is 0 Å². The monoisotopic (exact) mass is 214 g/mol. The number of hydrogen-bond acceptors (Lipinski definition) is 3. The van der Waals surface area contributed by atoms with Gasteiger partial charge in [0.25, 0.3) is 0 Å². The number of nitrogens with zero attached hydrogens (tertiary/aromatic N) is 4. The predicted octanol–water partition coefficient (Wildman–Crippen LogP) is 1.16. The number of aromatic nitrogens is 3. The van der Waals surface area contributed by atoms with Crippen LogP contribution in [0.15, 0.2) is 43.0 Å². The zero-order valence-corrected chi connectivity index (χ0v) is 9.03. The standard InChI is InChI=1S/C12H14N4/c1-2-4-11(5-3-1)6-15-7-12(15)8-16-10-13-9-14-16/h1-5,9-10,12H,6-8H2. The maximum absolute atomic E-state index is 4.12. The highest BCUT2D eigenvalue weighted by Crippen LogP contribution is 2.21. The van der Waals surface area contributed by atoms with Crippen molar-refractivity contribution in [3.05, 3.63) is 48.5 Å². The van der Waals surface area contributed by atoms with Gasteiger partial charge in [-0.1, -0.05) is 30.3 Å². The topological polar surface area (TPSA) is 33.7 Å². The molecule has 2 heterocycles. The molecule has 0 saturated carbocycles. The fraction of sp³-hybridized carbons (Fsp3) is 0.333. The van der Waals surface area contributed by atoms with Gasteiger partial charge < -0.3 is 0 Å². The lowest BCUT2D eigenvalue weighted by molar-refractivity contribution is 0.454. The van der Waals surface area contributed by atoms with Gasteiger partial charge in [0.05, 0.1) is 6.54 Å². The predicted molar refractivity (Wildman–Crippen MR) is 60.7 cm³/mol. The summed E-state index contributed by atoms with van der Waals surface area (Å²) in [6, 6.07) is 11.2. The Morgan fingerprint density at radius 1 is 1.25 bits per heavy atom. The molecule has 2 atom stereocenters. The molecule has 2 unspecified atom stereocenters. The summed E-state index contributed by atoms with van der Waals surface area (Å²) in [5, 5.41) is 4.12. The first-order valence-electron chi connectivity index (χ1n) is 5.52. The second-order valence-electron chi connectivity index (χ2n) is 4.19. The minimum absolute atomic E-state index is 0.627. The van der Waals surface area contributed by atoms with E-state index in [1.54, 1.807) is 12.7 Å². The molecule has 4 heteroatoms. The van der Waals surface area contributed by atoms with Gasteiger partial charge in [0.15, 0.2) is 0 Å². The third-order valence-electron chi connectivity index (χ3n) is 2.92. The number of hydrogen-bond donors (Lipinski definition) is 0. The summed E-state index contributed by atoms with van der Waals surface area (Å²) in [7, 11) is 0. The molecule has 1 fully saturated rings. The SMILES string of the molecule is c1ccc(CN2CC2Cn2cncn2)cc1. The maximum Gasteiger partial charge on any atom is 0.137 e. The average molecular weight is 214 g/mol. The second-order valence-corrected chi connectivity index (χ2v) is 4.19. The van der Waals surface area contributed by atoms with Gasteiger partial charge in [-0.2, -0.15) is 5.10 Å². The van der Waals surface area contributed by atoms with E-state index in [0.29, 0.717) is 6.04 Å². The Morgan fingerprint density at radius 2 is 2.12 bits per heavy atom. The summed E-state index contributed by atoms with van der Waals surface area (Å²) in [6.45, 7) is 3.15. The molecule has 1 aromatic carbocycles. The van der Waals surface area contributed by atoms with E-state index in [1.807, 2.05) is 4.68 Å². The minimum Gasteiger partial charge on any atom is -0.291 e. The van der Waals surface area contributed by atoms with Gasteiger partial charge in [-0.25, -0.2) is 4.98 Å². The van der Waals surface area contributed by atoms with E-state index in [0.717, 1.165) is 19.6 Å².